The molecule has 2 aromatic carbocycles. The number of anilines is 1. The Bertz CT molecular complexity index is 926. The Balaban J connectivity index is 1.70. The van der Waals surface area contributed by atoms with Gasteiger partial charge in [-0.25, -0.2) is 0 Å². The second-order valence-corrected chi connectivity index (χ2v) is 6.08. The van der Waals surface area contributed by atoms with Gasteiger partial charge >= 0.3 is 0 Å². The lowest BCUT2D eigenvalue weighted by molar-refractivity contribution is 0.0952. The molecular formula is C21H20N2O3. The van der Waals surface area contributed by atoms with Crippen molar-refractivity contribution in [1.82, 2.24) is 5.32 Å². The molecule has 0 aliphatic rings. The van der Waals surface area contributed by atoms with E-state index in [-0.39, 0.29) is 11.7 Å². The van der Waals surface area contributed by atoms with Crippen molar-refractivity contribution in [2.45, 2.75) is 20.4 Å². The first kappa shape index (κ1) is 17.5. The highest BCUT2D eigenvalue weighted by Gasteiger charge is 2.15. The number of aryl methyl sites for hydroxylation is 2. The maximum Gasteiger partial charge on any atom is 0.291 e. The van der Waals surface area contributed by atoms with Crippen LogP contribution in [-0.2, 0) is 6.54 Å². The number of rotatable bonds is 5. The van der Waals surface area contributed by atoms with Crippen LogP contribution in [0.25, 0.3) is 0 Å². The van der Waals surface area contributed by atoms with Crippen molar-refractivity contribution >= 4 is 17.5 Å². The highest BCUT2D eigenvalue weighted by atomic mass is 16.3. The number of carbonyl (C=O) groups is 2. The largest absolute Gasteiger partial charge is 0.456 e. The van der Waals surface area contributed by atoms with E-state index in [2.05, 4.69) is 10.6 Å². The first-order valence-corrected chi connectivity index (χ1v) is 8.33. The molecule has 2 N–H and O–H groups in total. The summed E-state index contributed by atoms with van der Waals surface area (Å²) in [4.78, 5) is 24.8. The number of para-hydroxylation sites is 1. The number of nitrogens with one attached hydrogen (secondary N) is 2. The molecule has 0 bridgehead atoms. The van der Waals surface area contributed by atoms with Gasteiger partial charge in [-0.05, 0) is 43.7 Å². The molecule has 5 heteroatoms. The molecule has 0 saturated carbocycles. The van der Waals surface area contributed by atoms with E-state index in [0.717, 1.165) is 5.56 Å². The second kappa shape index (κ2) is 7.70. The topological polar surface area (TPSA) is 71.3 Å². The average molecular weight is 348 g/mol. The SMILES string of the molecule is Cc1ccc(CNC(=O)c2ccccc2NC(=O)c2ccc(C)o2)cc1. The lowest BCUT2D eigenvalue weighted by Crippen LogP contribution is -2.24. The van der Waals surface area contributed by atoms with E-state index in [0.29, 0.717) is 23.6 Å². The van der Waals surface area contributed by atoms with E-state index in [9.17, 15) is 9.59 Å². The third-order valence-electron chi connectivity index (χ3n) is 3.96. The number of amides is 2. The molecule has 132 valence electrons. The van der Waals surface area contributed by atoms with Gasteiger partial charge < -0.3 is 15.1 Å². The van der Waals surface area contributed by atoms with Gasteiger partial charge in [0.05, 0.1) is 11.3 Å². The predicted molar refractivity (Wildman–Crippen MR) is 100 cm³/mol. The monoisotopic (exact) mass is 348 g/mol. The summed E-state index contributed by atoms with van der Waals surface area (Å²) in [6.07, 6.45) is 0. The van der Waals surface area contributed by atoms with E-state index in [1.165, 1.54) is 5.56 Å². The Morgan fingerprint density at radius 3 is 2.31 bits per heavy atom. The molecule has 2 amide bonds. The molecule has 0 aliphatic carbocycles. The van der Waals surface area contributed by atoms with E-state index in [1.807, 2.05) is 31.2 Å². The Kier molecular flexibility index (Phi) is 5.17. The Labute approximate surface area is 152 Å². The number of hydrogen-bond acceptors (Lipinski definition) is 3. The zero-order valence-corrected chi connectivity index (χ0v) is 14.7. The summed E-state index contributed by atoms with van der Waals surface area (Å²) in [7, 11) is 0. The van der Waals surface area contributed by atoms with Gasteiger partial charge in [-0.15, -0.1) is 0 Å². The fraction of sp³-hybridized carbons (Fsp3) is 0.143. The van der Waals surface area contributed by atoms with Crippen LogP contribution in [-0.4, -0.2) is 11.8 Å². The fourth-order valence-corrected chi connectivity index (χ4v) is 2.51. The molecule has 5 nitrogen and oxygen atoms in total. The lowest BCUT2D eigenvalue weighted by atomic mass is 10.1. The van der Waals surface area contributed by atoms with Crippen molar-refractivity contribution in [3.8, 4) is 0 Å². The molecule has 0 radical (unpaired) electrons. The van der Waals surface area contributed by atoms with Crippen molar-refractivity contribution in [3.63, 3.8) is 0 Å². The number of furan rings is 1. The van der Waals surface area contributed by atoms with Crippen LogP contribution >= 0.6 is 0 Å². The normalized spacial score (nSPS) is 10.4. The maximum atomic E-state index is 12.5. The number of hydrogen-bond donors (Lipinski definition) is 2. The van der Waals surface area contributed by atoms with Gasteiger partial charge in [-0.2, -0.15) is 0 Å². The van der Waals surface area contributed by atoms with E-state index in [1.54, 1.807) is 43.3 Å². The summed E-state index contributed by atoms with van der Waals surface area (Å²) in [5.41, 5.74) is 3.02. The minimum absolute atomic E-state index is 0.206. The van der Waals surface area contributed by atoms with Crippen LogP contribution in [0, 0.1) is 13.8 Å². The minimum atomic E-state index is -0.392. The molecule has 26 heavy (non-hydrogen) atoms. The molecule has 1 heterocycles. The number of benzene rings is 2. The molecule has 0 spiro atoms. The highest BCUT2D eigenvalue weighted by molar-refractivity contribution is 6.07. The van der Waals surface area contributed by atoms with Crippen LogP contribution in [0.4, 0.5) is 5.69 Å². The van der Waals surface area contributed by atoms with Crippen LogP contribution < -0.4 is 10.6 Å². The van der Waals surface area contributed by atoms with Crippen LogP contribution in [0.2, 0.25) is 0 Å². The fourth-order valence-electron chi connectivity index (χ4n) is 2.51. The van der Waals surface area contributed by atoms with E-state index >= 15 is 0 Å². The highest BCUT2D eigenvalue weighted by Crippen LogP contribution is 2.17. The van der Waals surface area contributed by atoms with Gasteiger partial charge in [-0.1, -0.05) is 42.0 Å². The summed E-state index contributed by atoms with van der Waals surface area (Å²) >= 11 is 0. The van der Waals surface area contributed by atoms with Crippen molar-refractivity contribution < 1.29 is 14.0 Å². The smallest absolute Gasteiger partial charge is 0.291 e. The van der Waals surface area contributed by atoms with Crippen molar-refractivity contribution in [3.05, 3.63) is 88.9 Å². The standard InChI is InChI=1S/C21H20N2O3/c1-14-7-10-16(11-8-14)13-22-20(24)17-5-3-4-6-18(17)23-21(25)19-12-9-15(2)26-19/h3-12H,13H2,1-2H3,(H,22,24)(H,23,25). The maximum absolute atomic E-state index is 12.5. The molecule has 0 unspecified atom stereocenters. The van der Waals surface area contributed by atoms with Crippen LogP contribution in [0.15, 0.2) is 65.1 Å². The second-order valence-electron chi connectivity index (χ2n) is 6.08. The van der Waals surface area contributed by atoms with Gasteiger partial charge in [0, 0.05) is 6.54 Å². The number of carbonyl (C=O) groups excluding carboxylic acids is 2. The molecule has 0 aliphatic heterocycles. The van der Waals surface area contributed by atoms with Crippen LogP contribution in [0.3, 0.4) is 0 Å². The average Bonchev–Trinajstić information content (AvgIpc) is 3.08. The summed E-state index contributed by atoms with van der Waals surface area (Å²) < 4.78 is 5.32. The Morgan fingerprint density at radius 2 is 1.62 bits per heavy atom. The molecule has 3 rings (SSSR count). The first-order valence-electron chi connectivity index (χ1n) is 8.33. The third-order valence-corrected chi connectivity index (χ3v) is 3.96. The van der Waals surface area contributed by atoms with Crippen LogP contribution in [0.1, 0.15) is 37.8 Å². The van der Waals surface area contributed by atoms with Gasteiger partial charge in [-0.3, -0.25) is 9.59 Å². The van der Waals surface area contributed by atoms with Gasteiger partial charge in [0.1, 0.15) is 5.76 Å². The Hall–Kier alpha value is -3.34. The predicted octanol–water partition coefficient (Wildman–Crippen LogP) is 4.08. The lowest BCUT2D eigenvalue weighted by Gasteiger charge is -2.11. The molecule has 0 fully saturated rings. The Morgan fingerprint density at radius 1 is 0.885 bits per heavy atom. The first-order chi connectivity index (χ1) is 12.5. The van der Waals surface area contributed by atoms with Gasteiger partial charge in [0.2, 0.25) is 0 Å². The molecule has 3 aromatic rings. The van der Waals surface area contributed by atoms with Crippen LogP contribution in [0.5, 0.6) is 0 Å². The van der Waals surface area contributed by atoms with E-state index < -0.39 is 5.91 Å². The summed E-state index contributed by atoms with van der Waals surface area (Å²) in [6.45, 7) is 4.20. The van der Waals surface area contributed by atoms with Gasteiger partial charge in [0.15, 0.2) is 5.76 Å². The molecule has 1 aromatic heterocycles. The summed E-state index contributed by atoms with van der Waals surface area (Å²) in [5, 5.41) is 5.61. The third kappa shape index (κ3) is 4.19. The van der Waals surface area contributed by atoms with Gasteiger partial charge in [0.25, 0.3) is 11.8 Å². The quantitative estimate of drug-likeness (QED) is 0.730. The minimum Gasteiger partial charge on any atom is -0.456 e. The zero-order chi connectivity index (χ0) is 18.5. The van der Waals surface area contributed by atoms with E-state index in [4.69, 9.17) is 4.42 Å². The molecular weight excluding hydrogens is 328 g/mol. The zero-order valence-electron chi connectivity index (χ0n) is 14.7. The summed E-state index contributed by atoms with van der Waals surface area (Å²) in [5.74, 6) is 0.214. The van der Waals surface area contributed by atoms with Crippen molar-refractivity contribution in [2.24, 2.45) is 0 Å². The molecule has 0 saturated heterocycles. The van der Waals surface area contributed by atoms with Crippen molar-refractivity contribution in [1.29, 1.82) is 0 Å². The van der Waals surface area contributed by atoms with Crippen molar-refractivity contribution in [2.75, 3.05) is 5.32 Å². The summed E-state index contributed by atoms with van der Waals surface area (Å²) in [6, 6.07) is 18.2. The molecule has 0 atom stereocenters.